The van der Waals surface area contributed by atoms with Crippen LogP contribution in [0.3, 0.4) is 0 Å². The van der Waals surface area contributed by atoms with Crippen LogP contribution in [-0.4, -0.2) is 9.59 Å². The van der Waals surface area contributed by atoms with E-state index in [1.165, 1.54) is 11.5 Å². The van der Waals surface area contributed by atoms with Crippen molar-refractivity contribution < 1.29 is 29.6 Å². The molecule has 0 aliphatic heterocycles. The van der Waals surface area contributed by atoms with Crippen LogP contribution in [0.5, 0.6) is 0 Å². The fraction of sp³-hybridized carbons (Fsp3) is 0. The van der Waals surface area contributed by atoms with Crippen molar-refractivity contribution in [2.24, 2.45) is 0 Å². The van der Waals surface area contributed by atoms with Crippen molar-refractivity contribution in [3.05, 3.63) is 11.6 Å². The maximum absolute atomic E-state index is 3.51. The van der Waals surface area contributed by atoms with Crippen LogP contribution in [0.4, 0.5) is 0 Å². The summed E-state index contributed by atoms with van der Waals surface area (Å²) in [5, 5.41) is 5.31. The first kappa shape index (κ1) is 10.8. The van der Waals surface area contributed by atoms with Crippen LogP contribution >= 0.6 is 11.5 Å². The Kier molecular flexibility index (Phi) is 10.7. The molecule has 1 rings (SSSR count). The van der Waals surface area contributed by atoms with E-state index in [0.717, 1.165) is 0 Å². The molecule has 0 atom stereocenters. The van der Waals surface area contributed by atoms with Crippen molar-refractivity contribution in [2.45, 2.75) is 0 Å². The summed E-state index contributed by atoms with van der Waals surface area (Å²) in [7, 11) is 0. The van der Waals surface area contributed by atoms with Gasteiger partial charge in [0.05, 0.1) is 6.20 Å². The second-order valence-corrected chi connectivity index (χ2v) is 1.23. The smallest absolute Gasteiger partial charge is 0.813 e. The molecule has 0 amide bonds. The molecule has 0 unspecified atom stereocenters. The zero-order valence-electron chi connectivity index (χ0n) is 3.90. The van der Waals surface area contributed by atoms with Crippen LogP contribution in [0.25, 0.3) is 0 Å². The summed E-state index contributed by atoms with van der Waals surface area (Å²) in [6.07, 6.45) is 1.66. The Hall–Kier alpha value is 0.910. The van der Waals surface area contributed by atoms with Crippen LogP contribution in [0.2, 0.25) is 0 Å². The van der Waals surface area contributed by atoms with Gasteiger partial charge in [-0.1, -0.05) is 4.49 Å². The van der Waals surface area contributed by atoms with Crippen molar-refractivity contribution in [1.82, 2.24) is 9.59 Å². The van der Waals surface area contributed by atoms with Crippen LogP contribution < -0.4 is 29.6 Å². The third kappa shape index (κ3) is 4.77. The third-order valence-corrected chi connectivity index (χ3v) is 0.715. The Morgan fingerprint density at radius 3 is 2.29 bits per heavy atom. The summed E-state index contributed by atoms with van der Waals surface area (Å²) in [6, 6.07) is 0. The Morgan fingerprint density at radius 2 is 2.14 bits per heavy atom. The number of thiol groups is 1. The molecule has 0 aliphatic rings. The maximum Gasteiger partial charge on any atom is 1.00 e. The average molecular weight is 142 g/mol. The van der Waals surface area contributed by atoms with E-state index in [-0.39, 0.29) is 43.1 Å². The molecule has 0 bridgehead atoms. The number of hydrogen-bond acceptors (Lipinski definition) is 4. The normalized spacial score (nSPS) is 5.71. The minimum atomic E-state index is 0. The molecule has 1 aromatic rings. The van der Waals surface area contributed by atoms with Gasteiger partial charge in [-0.25, -0.2) is 0 Å². The molecule has 2 nitrogen and oxygen atoms in total. The van der Waals surface area contributed by atoms with Gasteiger partial charge in [0, 0.05) is 5.38 Å². The summed E-state index contributed by atoms with van der Waals surface area (Å²) in [5.41, 5.74) is 0. The summed E-state index contributed by atoms with van der Waals surface area (Å²) in [6.45, 7) is 0. The van der Waals surface area contributed by atoms with Crippen LogP contribution in [-0.2, 0) is 13.5 Å². The van der Waals surface area contributed by atoms with Gasteiger partial charge in [0.25, 0.3) is 0 Å². The number of nitrogens with zero attached hydrogens (tertiary/aromatic N) is 2. The van der Waals surface area contributed by atoms with Crippen molar-refractivity contribution >= 4 is 25.0 Å². The minimum absolute atomic E-state index is 0. The van der Waals surface area contributed by atoms with Gasteiger partial charge >= 0.3 is 29.6 Å². The number of hydrogen-bond donors (Lipinski definition) is 0. The molecule has 0 saturated heterocycles. The number of aromatic nitrogens is 2. The van der Waals surface area contributed by atoms with Crippen molar-refractivity contribution in [1.29, 1.82) is 0 Å². The van der Waals surface area contributed by atoms with E-state index < -0.39 is 0 Å². The van der Waals surface area contributed by atoms with E-state index in [9.17, 15) is 0 Å². The zero-order valence-corrected chi connectivity index (χ0v) is 7.62. The predicted octanol–water partition coefficient (Wildman–Crippen LogP) is -2.73. The molecule has 7 heavy (non-hydrogen) atoms. The van der Waals surface area contributed by atoms with E-state index >= 15 is 0 Å². The molecule has 0 aromatic carbocycles. The Bertz CT molecular complexity index is 70.2. The second-order valence-electron chi connectivity index (χ2n) is 0.588. The standard InChI is InChI=1S/C2H2N2S.Na.H2S/c1-2-5-4-3-1;;/h1-2H;;1H2/q;+1;/p-1. The fourth-order valence-corrected chi connectivity index (χ4v) is 0.408. The first-order valence-corrected chi connectivity index (χ1v) is 2.05. The molecule has 5 heteroatoms. The van der Waals surface area contributed by atoms with Gasteiger partial charge < -0.3 is 13.5 Å². The molecule has 0 N–H and O–H groups in total. The SMILES string of the molecule is [Na+].[SH-].c1csnn1. The van der Waals surface area contributed by atoms with Gasteiger partial charge in [-0.2, -0.15) is 0 Å². The Labute approximate surface area is 75.2 Å². The third-order valence-electron chi connectivity index (χ3n) is 0.283. The molecule has 0 saturated carbocycles. The minimum Gasteiger partial charge on any atom is -0.813 e. The second kappa shape index (κ2) is 6.91. The number of rotatable bonds is 0. The molecular formula is C2H3N2NaS2. The molecule has 1 heterocycles. The summed E-state index contributed by atoms with van der Waals surface area (Å²) < 4.78 is 3.51. The zero-order chi connectivity index (χ0) is 3.54. The predicted molar refractivity (Wildman–Crippen MR) is 28.7 cm³/mol. The quantitative estimate of drug-likeness (QED) is 0.223. The Morgan fingerprint density at radius 1 is 1.43 bits per heavy atom. The van der Waals surface area contributed by atoms with E-state index in [2.05, 4.69) is 9.59 Å². The van der Waals surface area contributed by atoms with Crippen LogP contribution in [0.1, 0.15) is 0 Å². The molecule has 0 radical (unpaired) electrons. The van der Waals surface area contributed by atoms with E-state index in [0.29, 0.717) is 0 Å². The van der Waals surface area contributed by atoms with E-state index in [1.807, 2.05) is 5.38 Å². The van der Waals surface area contributed by atoms with Gasteiger partial charge in [0.1, 0.15) is 0 Å². The molecular weight excluding hydrogens is 139 g/mol. The topological polar surface area (TPSA) is 25.8 Å². The van der Waals surface area contributed by atoms with Gasteiger partial charge in [0.2, 0.25) is 0 Å². The van der Waals surface area contributed by atoms with Crippen LogP contribution in [0.15, 0.2) is 11.6 Å². The Balaban J connectivity index is 0. The molecule has 0 aliphatic carbocycles. The average Bonchev–Trinajstić information content (AvgIpc) is 1.76. The summed E-state index contributed by atoms with van der Waals surface area (Å²) in [4.78, 5) is 0. The van der Waals surface area contributed by atoms with Gasteiger partial charge in [0.15, 0.2) is 0 Å². The fourth-order valence-electron chi connectivity index (χ4n) is 0.136. The monoisotopic (exact) mass is 142 g/mol. The van der Waals surface area contributed by atoms with E-state index in [4.69, 9.17) is 0 Å². The molecule has 1 aromatic heterocycles. The van der Waals surface area contributed by atoms with Gasteiger partial charge in [-0.3, -0.25) is 0 Å². The van der Waals surface area contributed by atoms with Crippen LogP contribution in [0, 0.1) is 0 Å². The van der Waals surface area contributed by atoms with Crippen molar-refractivity contribution in [2.75, 3.05) is 0 Å². The first-order chi connectivity index (χ1) is 2.50. The summed E-state index contributed by atoms with van der Waals surface area (Å²) >= 11 is 1.35. The first-order valence-electron chi connectivity index (χ1n) is 1.21. The van der Waals surface area contributed by atoms with E-state index in [1.54, 1.807) is 6.20 Å². The summed E-state index contributed by atoms with van der Waals surface area (Å²) in [5.74, 6) is 0. The van der Waals surface area contributed by atoms with Gasteiger partial charge in [-0.05, 0) is 11.5 Å². The molecule has 0 spiro atoms. The molecule has 34 valence electrons. The van der Waals surface area contributed by atoms with Gasteiger partial charge in [-0.15, -0.1) is 5.10 Å². The molecule has 0 fully saturated rings. The van der Waals surface area contributed by atoms with Crippen molar-refractivity contribution in [3.8, 4) is 0 Å². The van der Waals surface area contributed by atoms with Crippen molar-refractivity contribution in [3.63, 3.8) is 0 Å². The largest absolute Gasteiger partial charge is 1.00 e. The maximum atomic E-state index is 3.51.